The number of benzene rings is 2. The van der Waals surface area contributed by atoms with Crippen LogP contribution in [0.5, 0.6) is 0 Å². The molecule has 10 nitrogen and oxygen atoms in total. The Kier molecular flexibility index (Phi) is 8.05. The number of amides is 5. The third-order valence-corrected chi connectivity index (χ3v) is 6.50. The van der Waals surface area contributed by atoms with Crippen LogP contribution in [0.1, 0.15) is 36.4 Å². The molecular formula is C27H26F3N5O5. The summed E-state index contributed by atoms with van der Waals surface area (Å²) in [4.78, 5) is 64.4. The molecule has 210 valence electrons. The van der Waals surface area contributed by atoms with E-state index in [2.05, 4.69) is 16.0 Å². The Morgan fingerprint density at radius 3 is 2.45 bits per heavy atom. The van der Waals surface area contributed by atoms with Crippen LogP contribution in [0, 0.1) is 0 Å². The van der Waals surface area contributed by atoms with Crippen LogP contribution >= 0.6 is 0 Å². The number of hydrogen-bond acceptors (Lipinski definition) is 7. The summed E-state index contributed by atoms with van der Waals surface area (Å²) in [6.07, 6.45) is -3.52. The van der Waals surface area contributed by atoms with Crippen molar-refractivity contribution in [2.24, 2.45) is 0 Å². The molecule has 2 aliphatic heterocycles. The zero-order valence-corrected chi connectivity index (χ0v) is 21.5. The van der Waals surface area contributed by atoms with Crippen LogP contribution in [0.25, 0.3) is 0 Å². The molecule has 0 spiro atoms. The maximum Gasteiger partial charge on any atom is 0.416 e. The van der Waals surface area contributed by atoms with Gasteiger partial charge in [0, 0.05) is 36.3 Å². The van der Waals surface area contributed by atoms with Crippen LogP contribution in [0.2, 0.25) is 0 Å². The van der Waals surface area contributed by atoms with Gasteiger partial charge < -0.3 is 15.5 Å². The topological polar surface area (TPSA) is 128 Å². The average molecular weight is 558 g/mol. The third-order valence-electron chi connectivity index (χ3n) is 6.50. The maximum atomic E-state index is 13.0. The Balaban J connectivity index is 1.45. The molecule has 1 fully saturated rings. The third kappa shape index (κ3) is 6.37. The van der Waals surface area contributed by atoms with Crippen molar-refractivity contribution in [1.82, 2.24) is 15.1 Å². The van der Waals surface area contributed by atoms with Crippen molar-refractivity contribution < 1.29 is 37.1 Å². The molecule has 4 rings (SSSR count). The van der Waals surface area contributed by atoms with Crippen LogP contribution in [0.15, 0.2) is 60.3 Å². The molecule has 1 saturated heterocycles. The molecule has 2 aromatic carbocycles. The van der Waals surface area contributed by atoms with E-state index in [4.69, 9.17) is 0 Å². The molecule has 0 saturated carbocycles. The lowest BCUT2D eigenvalue weighted by atomic mass is 10.0. The highest BCUT2D eigenvalue weighted by molar-refractivity contribution is 6.20. The number of rotatable bonds is 8. The van der Waals surface area contributed by atoms with E-state index in [-0.39, 0.29) is 30.6 Å². The number of nitrogens with one attached hydrogen (secondary N) is 3. The SMILES string of the molecule is CN(C)C(CC(=O)Nc1cccc(C(F)(F)F)c1)c1cccc(NC2=CC(=O)N(C3CCC(=O)NC3=O)C2=O)c1. The predicted octanol–water partition coefficient (Wildman–Crippen LogP) is 2.81. The van der Waals surface area contributed by atoms with Crippen molar-refractivity contribution in [2.45, 2.75) is 37.5 Å². The van der Waals surface area contributed by atoms with Gasteiger partial charge in [-0.1, -0.05) is 18.2 Å². The lowest BCUT2D eigenvalue weighted by Gasteiger charge is -2.28. The summed E-state index contributed by atoms with van der Waals surface area (Å²) in [7, 11) is 3.48. The van der Waals surface area contributed by atoms with E-state index >= 15 is 0 Å². The maximum absolute atomic E-state index is 13.0. The molecule has 2 heterocycles. The number of carbonyl (C=O) groups is 5. The molecule has 2 aromatic rings. The minimum atomic E-state index is -4.54. The van der Waals surface area contributed by atoms with E-state index in [0.717, 1.165) is 23.1 Å². The highest BCUT2D eigenvalue weighted by Gasteiger charge is 2.42. The zero-order valence-electron chi connectivity index (χ0n) is 21.5. The van der Waals surface area contributed by atoms with E-state index in [9.17, 15) is 37.1 Å². The highest BCUT2D eigenvalue weighted by Crippen LogP contribution is 2.31. The van der Waals surface area contributed by atoms with Gasteiger partial charge in [0.05, 0.1) is 5.56 Å². The second-order valence-electron chi connectivity index (χ2n) is 9.60. The Bertz CT molecular complexity index is 1400. The number of anilines is 2. The molecule has 40 heavy (non-hydrogen) atoms. The second kappa shape index (κ2) is 11.3. The van der Waals surface area contributed by atoms with Crippen molar-refractivity contribution >= 4 is 40.9 Å². The second-order valence-corrected chi connectivity index (χ2v) is 9.60. The van der Waals surface area contributed by atoms with Crippen molar-refractivity contribution in [3.8, 4) is 0 Å². The van der Waals surface area contributed by atoms with Gasteiger partial charge in [-0.3, -0.25) is 34.2 Å². The van der Waals surface area contributed by atoms with E-state index in [1.807, 2.05) is 0 Å². The molecule has 2 atom stereocenters. The smallest absolute Gasteiger partial charge is 0.351 e. The first-order valence-corrected chi connectivity index (χ1v) is 12.3. The summed E-state index contributed by atoms with van der Waals surface area (Å²) in [5.74, 6) is -3.09. The molecule has 2 aliphatic rings. The van der Waals surface area contributed by atoms with Crippen LogP contribution in [0.4, 0.5) is 24.5 Å². The minimum absolute atomic E-state index is 0.00550. The van der Waals surface area contributed by atoms with Gasteiger partial charge in [0.25, 0.3) is 11.8 Å². The molecule has 0 bridgehead atoms. The Morgan fingerprint density at radius 2 is 1.77 bits per heavy atom. The van der Waals surface area contributed by atoms with E-state index in [0.29, 0.717) is 11.3 Å². The molecule has 2 unspecified atom stereocenters. The molecule has 5 amide bonds. The van der Waals surface area contributed by atoms with Crippen LogP contribution in [0.3, 0.4) is 0 Å². The predicted molar refractivity (Wildman–Crippen MR) is 137 cm³/mol. The largest absolute Gasteiger partial charge is 0.416 e. The van der Waals surface area contributed by atoms with Gasteiger partial charge in [0.1, 0.15) is 11.7 Å². The number of hydrogen-bond donors (Lipinski definition) is 3. The number of alkyl halides is 3. The summed E-state index contributed by atoms with van der Waals surface area (Å²) in [6.45, 7) is 0. The summed E-state index contributed by atoms with van der Waals surface area (Å²) in [5.41, 5.74) is 0.174. The van der Waals surface area contributed by atoms with Gasteiger partial charge in [0.2, 0.25) is 17.7 Å². The van der Waals surface area contributed by atoms with Crippen molar-refractivity contribution in [3.05, 3.63) is 71.4 Å². The summed E-state index contributed by atoms with van der Waals surface area (Å²) in [6, 6.07) is 9.53. The molecule has 0 radical (unpaired) electrons. The van der Waals surface area contributed by atoms with Crippen LogP contribution in [-0.2, 0) is 30.1 Å². The van der Waals surface area contributed by atoms with Gasteiger partial charge in [0.15, 0.2) is 0 Å². The average Bonchev–Trinajstić information content (AvgIpc) is 3.14. The zero-order chi connectivity index (χ0) is 29.2. The summed E-state index contributed by atoms with van der Waals surface area (Å²) < 4.78 is 39.1. The molecule has 0 aliphatic carbocycles. The quantitative estimate of drug-likeness (QED) is 0.426. The summed E-state index contributed by atoms with van der Waals surface area (Å²) in [5, 5.41) is 7.52. The van der Waals surface area contributed by atoms with Gasteiger partial charge >= 0.3 is 6.18 Å². The number of nitrogens with zero attached hydrogens (tertiary/aromatic N) is 2. The summed E-state index contributed by atoms with van der Waals surface area (Å²) >= 11 is 0. The first-order chi connectivity index (χ1) is 18.8. The highest BCUT2D eigenvalue weighted by atomic mass is 19.4. The first-order valence-electron chi connectivity index (χ1n) is 12.3. The minimum Gasteiger partial charge on any atom is -0.351 e. The lowest BCUT2D eigenvalue weighted by Crippen LogP contribution is -2.54. The molecule has 0 aromatic heterocycles. The standard InChI is InChI=1S/C27H26F3N5O5/c1-34(2)21(14-23(37)32-18-8-4-6-16(12-18)27(28,29)30)15-5-3-7-17(11-15)31-19-13-24(38)35(26(19)40)20-9-10-22(36)33-25(20)39/h3-8,11-13,20-21,31H,9-10,14H2,1-2H3,(H,32,37)(H,33,36,39). The number of imide groups is 2. The van der Waals surface area contributed by atoms with Crippen LogP contribution in [-0.4, -0.2) is 59.5 Å². The Hall–Kier alpha value is -4.52. The molecular weight excluding hydrogens is 531 g/mol. The number of carbonyl (C=O) groups excluding carboxylic acids is 5. The lowest BCUT2D eigenvalue weighted by molar-refractivity contribution is -0.149. The number of halogens is 3. The van der Waals surface area contributed by atoms with Crippen molar-refractivity contribution in [2.75, 3.05) is 24.7 Å². The van der Waals surface area contributed by atoms with E-state index < -0.39 is 53.4 Å². The van der Waals surface area contributed by atoms with Crippen molar-refractivity contribution in [1.29, 1.82) is 0 Å². The van der Waals surface area contributed by atoms with Crippen molar-refractivity contribution in [3.63, 3.8) is 0 Å². The monoisotopic (exact) mass is 557 g/mol. The van der Waals surface area contributed by atoms with Gasteiger partial charge in [-0.25, -0.2) is 0 Å². The molecule has 13 heteroatoms. The number of piperidine rings is 1. The van der Waals surface area contributed by atoms with Gasteiger partial charge in [-0.2, -0.15) is 13.2 Å². The Morgan fingerprint density at radius 1 is 1.07 bits per heavy atom. The van der Waals surface area contributed by atoms with Crippen LogP contribution < -0.4 is 16.0 Å². The fourth-order valence-electron chi connectivity index (χ4n) is 4.54. The molecule has 3 N–H and O–H groups in total. The normalized spacial score (nSPS) is 18.5. The fraction of sp³-hybridized carbons (Fsp3) is 0.296. The Labute approximate surface area is 227 Å². The van der Waals surface area contributed by atoms with Gasteiger partial charge in [-0.05, 0) is 56.4 Å². The van der Waals surface area contributed by atoms with E-state index in [1.165, 1.54) is 12.1 Å². The van der Waals surface area contributed by atoms with Gasteiger partial charge in [-0.15, -0.1) is 0 Å². The van der Waals surface area contributed by atoms with E-state index in [1.54, 1.807) is 43.3 Å². The fourth-order valence-corrected chi connectivity index (χ4v) is 4.54. The first kappa shape index (κ1) is 28.5.